The minimum Gasteiger partial charge on any atom is -0.478 e. The van der Waals surface area contributed by atoms with Gasteiger partial charge in [-0.05, 0) is 49.1 Å². The highest BCUT2D eigenvalue weighted by Crippen LogP contribution is 2.34. The molecule has 0 saturated heterocycles. The number of fused-ring (bicyclic) bond motifs is 1. The third-order valence-corrected chi connectivity index (χ3v) is 3.92. The van der Waals surface area contributed by atoms with Crippen molar-refractivity contribution in [3.05, 3.63) is 64.5 Å². The summed E-state index contributed by atoms with van der Waals surface area (Å²) in [6.07, 6.45) is 1.96. The maximum Gasteiger partial charge on any atom is 0.338 e. The first-order chi connectivity index (χ1) is 10.0. The van der Waals surface area contributed by atoms with Crippen LogP contribution in [0.15, 0.2) is 36.4 Å². The molecule has 1 atom stereocenters. The van der Waals surface area contributed by atoms with Crippen LogP contribution in [0, 0.1) is 12.7 Å². The molecular weight excluding hydrogens is 269 g/mol. The van der Waals surface area contributed by atoms with E-state index in [-0.39, 0.29) is 11.6 Å². The van der Waals surface area contributed by atoms with Crippen LogP contribution in [0.25, 0.3) is 0 Å². The maximum absolute atomic E-state index is 13.4. The van der Waals surface area contributed by atoms with Crippen LogP contribution in [-0.4, -0.2) is 11.1 Å². The van der Waals surface area contributed by atoms with Gasteiger partial charge in [0.05, 0.1) is 11.6 Å². The van der Waals surface area contributed by atoms with Crippen molar-refractivity contribution in [2.75, 3.05) is 5.32 Å². The standard InChI is InChI=1S/C17H16FNO2/c1-10-2-3-11-4-7-16(13(11)8-10)19-12-5-6-15(18)14(9-12)17(20)21/h2-3,5-6,8-9,16,19H,4,7H2,1H3,(H,20,21). The average Bonchev–Trinajstić information content (AvgIpc) is 2.83. The van der Waals surface area contributed by atoms with Crippen molar-refractivity contribution in [2.45, 2.75) is 25.8 Å². The van der Waals surface area contributed by atoms with Gasteiger partial charge in [0.25, 0.3) is 0 Å². The summed E-state index contributed by atoms with van der Waals surface area (Å²) >= 11 is 0. The van der Waals surface area contributed by atoms with E-state index in [9.17, 15) is 9.18 Å². The zero-order valence-corrected chi connectivity index (χ0v) is 11.7. The van der Waals surface area contributed by atoms with Gasteiger partial charge < -0.3 is 10.4 Å². The van der Waals surface area contributed by atoms with E-state index in [1.54, 1.807) is 6.07 Å². The van der Waals surface area contributed by atoms with Crippen LogP contribution in [0.4, 0.5) is 10.1 Å². The number of carboxylic acid groups (broad SMARTS) is 1. The van der Waals surface area contributed by atoms with E-state index in [2.05, 4.69) is 30.4 Å². The molecule has 0 saturated carbocycles. The Labute approximate surface area is 122 Å². The van der Waals surface area contributed by atoms with Crippen LogP contribution in [0.3, 0.4) is 0 Å². The molecule has 1 unspecified atom stereocenters. The highest BCUT2D eigenvalue weighted by molar-refractivity contribution is 5.89. The molecule has 21 heavy (non-hydrogen) atoms. The summed E-state index contributed by atoms with van der Waals surface area (Å²) in [6, 6.07) is 10.7. The zero-order chi connectivity index (χ0) is 15.0. The molecular formula is C17H16FNO2. The number of nitrogens with one attached hydrogen (secondary N) is 1. The lowest BCUT2D eigenvalue weighted by Crippen LogP contribution is -2.09. The summed E-state index contributed by atoms with van der Waals surface area (Å²) in [4.78, 5) is 11.0. The number of hydrogen-bond donors (Lipinski definition) is 2. The number of rotatable bonds is 3. The second-order valence-corrected chi connectivity index (χ2v) is 5.44. The van der Waals surface area contributed by atoms with Crippen LogP contribution in [0.1, 0.15) is 39.5 Å². The normalized spacial score (nSPS) is 16.6. The van der Waals surface area contributed by atoms with Gasteiger partial charge >= 0.3 is 5.97 Å². The van der Waals surface area contributed by atoms with Gasteiger partial charge in [-0.1, -0.05) is 23.8 Å². The summed E-state index contributed by atoms with van der Waals surface area (Å²) in [5, 5.41) is 12.3. The van der Waals surface area contributed by atoms with Crippen molar-refractivity contribution in [1.82, 2.24) is 0 Å². The molecule has 2 N–H and O–H groups in total. The molecule has 0 spiro atoms. The zero-order valence-electron chi connectivity index (χ0n) is 11.7. The largest absolute Gasteiger partial charge is 0.478 e. The first kappa shape index (κ1) is 13.6. The predicted octanol–water partition coefficient (Wildman–Crippen LogP) is 3.93. The third kappa shape index (κ3) is 2.61. The minimum absolute atomic E-state index is 0.145. The number of carbonyl (C=O) groups is 1. The molecule has 0 fully saturated rings. The number of benzene rings is 2. The van der Waals surface area contributed by atoms with Gasteiger partial charge in [-0.2, -0.15) is 0 Å². The Bertz CT molecular complexity index is 712. The Kier molecular flexibility index (Phi) is 3.37. The van der Waals surface area contributed by atoms with Crippen molar-refractivity contribution >= 4 is 11.7 Å². The molecule has 0 amide bonds. The van der Waals surface area contributed by atoms with Gasteiger partial charge in [-0.15, -0.1) is 0 Å². The first-order valence-corrected chi connectivity index (χ1v) is 6.93. The van der Waals surface area contributed by atoms with E-state index in [0.29, 0.717) is 5.69 Å². The molecule has 4 heteroatoms. The van der Waals surface area contributed by atoms with Crippen LogP contribution in [-0.2, 0) is 6.42 Å². The van der Waals surface area contributed by atoms with E-state index in [4.69, 9.17) is 5.11 Å². The van der Waals surface area contributed by atoms with Crippen LogP contribution in [0.5, 0.6) is 0 Å². The number of halogens is 1. The second kappa shape index (κ2) is 5.20. The number of hydrogen-bond acceptors (Lipinski definition) is 2. The third-order valence-electron chi connectivity index (χ3n) is 3.92. The lowest BCUT2D eigenvalue weighted by Gasteiger charge is -2.16. The molecule has 1 aliphatic carbocycles. The SMILES string of the molecule is Cc1ccc2c(c1)C(Nc1ccc(F)c(C(=O)O)c1)CC2. The molecule has 2 aromatic carbocycles. The fourth-order valence-corrected chi connectivity index (χ4v) is 2.85. The molecule has 3 nitrogen and oxygen atoms in total. The van der Waals surface area contributed by atoms with Gasteiger partial charge in [-0.3, -0.25) is 0 Å². The van der Waals surface area contributed by atoms with Gasteiger partial charge in [0.1, 0.15) is 5.82 Å². The summed E-state index contributed by atoms with van der Waals surface area (Å²) in [7, 11) is 0. The van der Waals surface area contributed by atoms with Crippen molar-refractivity contribution in [2.24, 2.45) is 0 Å². The Hall–Kier alpha value is -2.36. The van der Waals surface area contributed by atoms with Crippen LogP contribution < -0.4 is 5.32 Å². The molecule has 108 valence electrons. The lowest BCUT2D eigenvalue weighted by atomic mass is 10.0. The van der Waals surface area contributed by atoms with Crippen LogP contribution >= 0.6 is 0 Å². The van der Waals surface area contributed by atoms with Gasteiger partial charge in [0, 0.05) is 5.69 Å². The van der Waals surface area contributed by atoms with Crippen molar-refractivity contribution in [1.29, 1.82) is 0 Å². The van der Waals surface area contributed by atoms with Crippen molar-refractivity contribution in [3.63, 3.8) is 0 Å². The molecule has 1 aliphatic rings. The van der Waals surface area contributed by atoms with Gasteiger partial charge in [0.2, 0.25) is 0 Å². The minimum atomic E-state index is -1.25. The fourth-order valence-electron chi connectivity index (χ4n) is 2.85. The van der Waals surface area contributed by atoms with Gasteiger partial charge in [0.15, 0.2) is 0 Å². The Morgan fingerprint density at radius 2 is 2.10 bits per heavy atom. The van der Waals surface area contributed by atoms with E-state index in [0.717, 1.165) is 12.8 Å². The lowest BCUT2D eigenvalue weighted by molar-refractivity contribution is 0.0692. The van der Waals surface area contributed by atoms with E-state index in [1.165, 1.54) is 28.8 Å². The van der Waals surface area contributed by atoms with E-state index in [1.807, 2.05) is 0 Å². The molecule has 0 aromatic heterocycles. The summed E-state index contributed by atoms with van der Waals surface area (Å²) in [6.45, 7) is 2.05. The summed E-state index contributed by atoms with van der Waals surface area (Å²) in [5.74, 6) is -1.96. The van der Waals surface area contributed by atoms with Crippen molar-refractivity contribution in [3.8, 4) is 0 Å². The Morgan fingerprint density at radius 1 is 1.29 bits per heavy atom. The molecule has 0 aliphatic heterocycles. The highest BCUT2D eigenvalue weighted by Gasteiger charge is 2.22. The quantitative estimate of drug-likeness (QED) is 0.898. The molecule has 3 rings (SSSR count). The summed E-state index contributed by atoms with van der Waals surface area (Å²) < 4.78 is 13.4. The Morgan fingerprint density at radius 3 is 2.86 bits per heavy atom. The average molecular weight is 285 g/mol. The highest BCUT2D eigenvalue weighted by atomic mass is 19.1. The molecule has 0 bridgehead atoms. The number of carboxylic acids is 1. The molecule has 0 radical (unpaired) electrons. The van der Waals surface area contributed by atoms with Gasteiger partial charge in [-0.25, -0.2) is 9.18 Å². The summed E-state index contributed by atoms with van der Waals surface area (Å²) in [5.41, 5.74) is 4.10. The smallest absolute Gasteiger partial charge is 0.338 e. The predicted molar refractivity (Wildman–Crippen MR) is 79.2 cm³/mol. The van der Waals surface area contributed by atoms with E-state index >= 15 is 0 Å². The maximum atomic E-state index is 13.4. The van der Waals surface area contributed by atoms with Crippen molar-refractivity contribution < 1.29 is 14.3 Å². The number of aryl methyl sites for hydroxylation is 2. The Balaban J connectivity index is 1.88. The van der Waals surface area contributed by atoms with Crippen LogP contribution in [0.2, 0.25) is 0 Å². The fraction of sp³-hybridized carbons (Fsp3) is 0.235. The van der Waals surface area contributed by atoms with E-state index < -0.39 is 11.8 Å². The number of anilines is 1. The molecule has 2 aromatic rings. The molecule has 0 heterocycles. The topological polar surface area (TPSA) is 49.3 Å². The monoisotopic (exact) mass is 285 g/mol. The first-order valence-electron chi connectivity index (χ1n) is 6.93. The second-order valence-electron chi connectivity index (χ2n) is 5.44. The number of aromatic carboxylic acids is 1.